The van der Waals surface area contributed by atoms with Gasteiger partial charge < -0.3 is 25.3 Å². The van der Waals surface area contributed by atoms with Crippen molar-refractivity contribution in [2.75, 3.05) is 27.9 Å². The Hall–Kier alpha value is -2.11. The average Bonchev–Trinajstić information content (AvgIpc) is 2.89. The fraction of sp³-hybridized carbons (Fsp3) is 0.632. The summed E-state index contributed by atoms with van der Waals surface area (Å²) in [6, 6.07) is 4.32. The number of hydrogen-bond acceptors (Lipinski definition) is 4. The van der Waals surface area contributed by atoms with Gasteiger partial charge in [0, 0.05) is 18.2 Å². The first-order valence-corrected chi connectivity index (χ1v) is 9.04. The van der Waals surface area contributed by atoms with E-state index in [4.69, 9.17) is 19.9 Å². The Morgan fingerprint density at radius 1 is 1.04 bits per heavy atom. The first kappa shape index (κ1) is 19.2. The maximum Gasteiger partial charge on any atom is 0.203 e. The number of nitrogens with zero attached hydrogens (tertiary/aromatic N) is 1. The van der Waals surface area contributed by atoms with Crippen molar-refractivity contribution in [1.29, 1.82) is 0 Å². The lowest BCUT2D eigenvalue weighted by Gasteiger charge is -2.17. The molecule has 0 bridgehead atoms. The Morgan fingerprint density at radius 2 is 1.72 bits per heavy atom. The molecule has 0 amide bonds. The van der Waals surface area contributed by atoms with E-state index in [1.54, 1.807) is 21.3 Å². The van der Waals surface area contributed by atoms with Crippen LogP contribution in [-0.4, -0.2) is 39.9 Å². The summed E-state index contributed by atoms with van der Waals surface area (Å²) < 4.78 is 16.2. The molecule has 0 unspecified atom stereocenters. The van der Waals surface area contributed by atoms with Gasteiger partial charge in [-0.05, 0) is 25.3 Å². The molecule has 0 saturated heterocycles. The number of benzene rings is 1. The molecule has 2 rings (SSSR count). The Balaban J connectivity index is 1.95. The first-order chi connectivity index (χ1) is 12.2. The van der Waals surface area contributed by atoms with Crippen LogP contribution in [0.2, 0.25) is 0 Å². The number of rotatable bonds is 7. The SMILES string of the molecule is COc1ccc(CCN=C(N)NC2CCCCCC2)c(OC)c1OC. The van der Waals surface area contributed by atoms with E-state index in [0.29, 0.717) is 35.8 Å². The van der Waals surface area contributed by atoms with E-state index in [2.05, 4.69) is 10.3 Å². The molecule has 0 atom stereocenters. The standard InChI is InChI=1S/C19H31N3O3/c1-23-16-11-10-14(17(24-2)18(16)25-3)12-13-21-19(20)22-15-8-6-4-5-7-9-15/h10-11,15H,4-9,12-13H2,1-3H3,(H3,20,21,22). The van der Waals surface area contributed by atoms with Crippen LogP contribution < -0.4 is 25.3 Å². The van der Waals surface area contributed by atoms with Crippen molar-refractivity contribution < 1.29 is 14.2 Å². The molecule has 140 valence electrons. The predicted octanol–water partition coefficient (Wildman–Crippen LogP) is 2.88. The first-order valence-electron chi connectivity index (χ1n) is 9.04. The zero-order valence-electron chi connectivity index (χ0n) is 15.6. The van der Waals surface area contributed by atoms with Gasteiger partial charge in [-0.1, -0.05) is 31.7 Å². The molecular formula is C19H31N3O3. The maximum atomic E-state index is 6.05. The van der Waals surface area contributed by atoms with Crippen LogP contribution in [0.5, 0.6) is 17.2 Å². The van der Waals surface area contributed by atoms with Crippen LogP contribution in [0.4, 0.5) is 0 Å². The molecule has 0 radical (unpaired) electrons. The van der Waals surface area contributed by atoms with Gasteiger partial charge in [0.2, 0.25) is 5.75 Å². The monoisotopic (exact) mass is 349 g/mol. The molecular weight excluding hydrogens is 318 g/mol. The molecule has 1 fully saturated rings. The summed E-state index contributed by atoms with van der Waals surface area (Å²) >= 11 is 0. The number of ether oxygens (including phenoxy) is 3. The molecule has 3 N–H and O–H groups in total. The van der Waals surface area contributed by atoms with Crippen LogP contribution in [0.25, 0.3) is 0 Å². The second-order valence-electron chi connectivity index (χ2n) is 6.34. The minimum atomic E-state index is 0.460. The number of guanidine groups is 1. The maximum absolute atomic E-state index is 6.05. The average molecular weight is 349 g/mol. The number of hydrogen-bond donors (Lipinski definition) is 2. The van der Waals surface area contributed by atoms with Crippen molar-refractivity contribution in [3.05, 3.63) is 17.7 Å². The predicted molar refractivity (Wildman–Crippen MR) is 101 cm³/mol. The number of nitrogens with two attached hydrogens (primary N) is 1. The van der Waals surface area contributed by atoms with Gasteiger partial charge in [-0.25, -0.2) is 0 Å². The van der Waals surface area contributed by atoms with E-state index in [1.165, 1.54) is 38.5 Å². The van der Waals surface area contributed by atoms with Crippen LogP contribution in [0, 0.1) is 0 Å². The fourth-order valence-electron chi connectivity index (χ4n) is 3.34. The van der Waals surface area contributed by atoms with Gasteiger partial charge in [0.15, 0.2) is 17.5 Å². The summed E-state index contributed by atoms with van der Waals surface area (Å²) in [6.45, 7) is 0.595. The number of aliphatic imine (C=N–C) groups is 1. The molecule has 6 nitrogen and oxygen atoms in total. The Labute approximate surface area is 150 Å². The van der Waals surface area contributed by atoms with Gasteiger partial charge in [-0.3, -0.25) is 4.99 Å². The lowest BCUT2D eigenvalue weighted by atomic mass is 10.1. The third-order valence-corrected chi connectivity index (χ3v) is 4.66. The van der Waals surface area contributed by atoms with E-state index < -0.39 is 0 Å². The molecule has 0 spiro atoms. The molecule has 25 heavy (non-hydrogen) atoms. The van der Waals surface area contributed by atoms with Gasteiger partial charge >= 0.3 is 0 Å². The Kier molecular flexibility index (Phi) is 7.70. The summed E-state index contributed by atoms with van der Waals surface area (Å²) in [6.07, 6.45) is 8.28. The molecule has 0 aliphatic heterocycles. The van der Waals surface area contributed by atoms with Crippen LogP contribution in [0.15, 0.2) is 17.1 Å². The summed E-state index contributed by atoms with van der Waals surface area (Å²) in [5, 5.41) is 3.37. The summed E-state index contributed by atoms with van der Waals surface area (Å²) in [4.78, 5) is 4.47. The molecule has 0 aromatic heterocycles. The molecule has 1 aliphatic rings. The second kappa shape index (κ2) is 10.0. The van der Waals surface area contributed by atoms with Crippen LogP contribution in [0.3, 0.4) is 0 Å². The van der Waals surface area contributed by atoms with Crippen molar-refractivity contribution in [2.24, 2.45) is 10.7 Å². The fourth-order valence-corrected chi connectivity index (χ4v) is 3.34. The molecule has 1 aromatic rings. The van der Waals surface area contributed by atoms with E-state index in [-0.39, 0.29) is 0 Å². The van der Waals surface area contributed by atoms with Crippen molar-refractivity contribution in [3.8, 4) is 17.2 Å². The minimum Gasteiger partial charge on any atom is -0.493 e. The van der Waals surface area contributed by atoms with E-state index >= 15 is 0 Å². The van der Waals surface area contributed by atoms with Crippen LogP contribution in [-0.2, 0) is 6.42 Å². The third-order valence-electron chi connectivity index (χ3n) is 4.66. The molecule has 1 aliphatic carbocycles. The lowest BCUT2D eigenvalue weighted by molar-refractivity contribution is 0.322. The van der Waals surface area contributed by atoms with Gasteiger partial charge in [-0.15, -0.1) is 0 Å². The highest BCUT2D eigenvalue weighted by Crippen LogP contribution is 2.39. The van der Waals surface area contributed by atoms with Gasteiger partial charge in [0.25, 0.3) is 0 Å². The Morgan fingerprint density at radius 3 is 2.32 bits per heavy atom. The number of nitrogens with one attached hydrogen (secondary N) is 1. The van der Waals surface area contributed by atoms with Gasteiger partial charge in [-0.2, -0.15) is 0 Å². The quantitative estimate of drug-likeness (QED) is 0.450. The van der Waals surface area contributed by atoms with Crippen molar-refractivity contribution >= 4 is 5.96 Å². The largest absolute Gasteiger partial charge is 0.493 e. The van der Waals surface area contributed by atoms with E-state index in [9.17, 15) is 0 Å². The van der Waals surface area contributed by atoms with Crippen molar-refractivity contribution in [3.63, 3.8) is 0 Å². The topological polar surface area (TPSA) is 78.1 Å². The minimum absolute atomic E-state index is 0.460. The highest BCUT2D eigenvalue weighted by Gasteiger charge is 2.16. The zero-order chi connectivity index (χ0) is 18.1. The summed E-state index contributed by atoms with van der Waals surface area (Å²) in [5.74, 6) is 2.48. The highest BCUT2D eigenvalue weighted by atomic mass is 16.5. The molecule has 6 heteroatoms. The normalized spacial score (nSPS) is 16.2. The number of methoxy groups -OCH3 is 3. The summed E-state index contributed by atoms with van der Waals surface area (Å²) in [7, 11) is 4.85. The lowest BCUT2D eigenvalue weighted by Crippen LogP contribution is -2.40. The second-order valence-corrected chi connectivity index (χ2v) is 6.34. The van der Waals surface area contributed by atoms with Crippen LogP contribution >= 0.6 is 0 Å². The smallest absolute Gasteiger partial charge is 0.203 e. The van der Waals surface area contributed by atoms with E-state index in [0.717, 1.165) is 12.0 Å². The molecule has 1 saturated carbocycles. The van der Waals surface area contributed by atoms with Gasteiger partial charge in [0.1, 0.15) is 0 Å². The van der Waals surface area contributed by atoms with Crippen LogP contribution in [0.1, 0.15) is 44.1 Å². The zero-order valence-corrected chi connectivity index (χ0v) is 15.6. The molecule has 0 heterocycles. The summed E-state index contributed by atoms with van der Waals surface area (Å²) in [5.41, 5.74) is 7.07. The van der Waals surface area contributed by atoms with Gasteiger partial charge in [0.05, 0.1) is 21.3 Å². The van der Waals surface area contributed by atoms with E-state index in [1.807, 2.05) is 12.1 Å². The van der Waals surface area contributed by atoms with Crippen molar-refractivity contribution in [2.45, 2.75) is 51.0 Å². The third kappa shape index (κ3) is 5.44. The highest BCUT2D eigenvalue weighted by molar-refractivity contribution is 5.78. The van der Waals surface area contributed by atoms with Crippen molar-refractivity contribution in [1.82, 2.24) is 5.32 Å². The molecule has 1 aromatic carbocycles. The Bertz CT molecular complexity index is 567.